The van der Waals surface area contributed by atoms with Gasteiger partial charge >= 0.3 is 0 Å². The monoisotopic (exact) mass is 431 g/mol. The number of aryl methyl sites for hydroxylation is 2. The van der Waals surface area contributed by atoms with Crippen molar-refractivity contribution in [2.45, 2.75) is 62.9 Å². The minimum Gasteiger partial charge on any atom is -0.377 e. The van der Waals surface area contributed by atoms with E-state index in [2.05, 4.69) is 9.82 Å². The summed E-state index contributed by atoms with van der Waals surface area (Å²) in [7, 11) is -2.03. The zero-order valence-electron chi connectivity index (χ0n) is 17.6. The van der Waals surface area contributed by atoms with Crippen LogP contribution >= 0.6 is 0 Å². The van der Waals surface area contributed by atoms with Crippen LogP contribution in [-0.2, 0) is 41.1 Å². The molecule has 1 N–H and O–H groups in total. The van der Waals surface area contributed by atoms with E-state index in [1.165, 1.54) is 4.68 Å². The lowest BCUT2D eigenvalue weighted by Crippen LogP contribution is -2.32. The van der Waals surface area contributed by atoms with Crippen LogP contribution < -0.4 is 10.3 Å². The van der Waals surface area contributed by atoms with Gasteiger partial charge in [-0.05, 0) is 62.1 Å². The number of sulfonamides is 1. The summed E-state index contributed by atoms with van der Waals surface area (Å²) in [5, 5.41) is 4.51. The number of fused-ring (bicyclic) bond motifs is 1. The molecule has 0 bridgehead atoms. The molecule has 0 unspecified atom stereocenters. The Kier molecular flexibility index (Phi) is 6.09. The lowest BCUT2D eigenvalue weighted by molar-refractivity contribution is 0.114. The Labute approximate surface area is 177 Å². The van der Waals surface area contributed by atoms with Gasteiger partial charge < -0.3 is 4.74 Å². The van der Waals surface area contributed by atoms with Crippen molar-refractivity contribution < 1.29 is 13.2 Å². The topological polar surface area (TPSA) is 90.3 Å². The van der Waals surface area contributed by atoms with E-state index in [4.69, 9.17) is 4.74 Å². The van der Waals surface area contributed by atoms with Crippen molar-refractivity contribution in [1.29, 1.82) is 0 Å². The summed E-state index contributed by atoms with van der Waals surface area (Å²) in [5.41, 5.74) is 3.93. The lowest BCUT2D eigenvalue weighted by Gasteiger charge is -2.20. The fourth-order valence-corrected chi connectivity index (χ4v) is 5.82. The number of hydrogen-bond acceptors (Lipinski definition) is 5. The molecule has 1 aromatic carbocycles. The molecule has 1 aromatic heterocycles. The van der Waals surface area contributed by atoms with Gasteiger partial charge in [-0.2, -0.15) is 5.10 Å². The van der Waals surface area contributed by atoms with Gasteiger partial charge in [0.15, 0.2) is 0 Å². The van der Waals surface area contributed by atoms with Crippen LogP contribution in [0.5, 0.6) is 0 Å². The van der Waals surface area contributed by atoms with Crippen molar-refractivity contribution in [3.05, 3.63) is 45.2 Å². The number of rotatable bonds is 6. The molecule has 2 aliphatic rings. The van der Waals surface area contributed by atoms with Gasteiger partial charge in [-0.25, -0.2) is 17.8 Å². The normalized spacial score (nSPS) is 19.1. The maximum Gasteiger partial charge on any atom is 0.269 e. The van der Waals surface area contributed by atoms with Crippen LogP contribution in [0.4, 0.5) is 0 Å². The molecule has 0 spiro atoms. The Morgan fingerprint density at radius 3 is 2.67 bits per heavy atom. The molecule has 8 heteroatoms. The molecule has 0 radical (unpaired) electrons. The first-order valence-corrected chi connectivity index (χ1v) is 12.2. The molecule has 2 aromatic rings. The van der Waals surface area contributed by atoms with Gasteiger partial charge in [0.2, 0.25) is 10.0 Å². The minimum absolute atomic E-state index is 0.0512. The summed E-state index contributed by atoms with van der Waals surface area (Å²) >= 11 is 0. The molecule has 0 saturated carbocycles. The van der Waals surface area contributed by atoms with Crippen LogP contribution in [0.1, 0.15) is 49.3 Å². The minimum atomic E-state index is -3.69. The van der Waals surface area contributed by atoms with E-state index in [9.17, 15) is 13.2 Å². The number of aromatic nitrogens is 2. The average molecular weight is 432 g/mol. The molecule has 162 valence electrons. The number of hydrogen-bond donors (Lipinski definition) is 1. The molecule has 0 amide bonds. The van der Waals surface area contributed by atoms with E-state index in [-0.39, 0.29) is 23.1 Å². The Bertz CT molecular complexity index is 1100. The SMILES string of the molecule is CCc1ccc(-c2nn(C)c(=O)c3c2CCCC3)cc1S(=O)(=O)NC[C@@H]1CCCO1. The van der Waals surface area contributed by atoms with Crippen molar-refractivity contribution in [2.75, 3.05) is 13.2 Å². The molecule has 1 fully saturated rings. The van der Waals surface area contributed by atoms with Gasteiger partial charge in [0.1, 0.15) is 0 Å². The maximum absolute atomic E-state index is 13.1. The quantitative estimate of drug-likeness (QED) is 0.758. The van der Waals surface area contributed by atoms with Crippen molar-refractivity contribution in [3.63, 3.8) is 0 Å². The second-order valence-corrected chi connectivity index (χ2v) is 9.84. The number of nitrogens with one attached hydrogen (secondary N) is 1. The van der Waals surface area contributed by atoms with E-state index in [1.807, 2.05) is 19.1 Å². The molecule has 1 atom stereocenters. The molecule has 1 saturated heterocycles. The summed E-state index contributed by atoms with van der Waals surface area (Å²) in [5.74, 6) is 0. The van der Waals surface area contributed by atoms with Gasteiger partial charge in [0.05, 0.1) is 16.7 Å². The summed E-state index contributed by atoms with van der Waals surface area (Å²) in [6, 6.07) is 5.48. The Morgan fingerprint density at radius 2 is 1.97 bits per heavy atom. The molecule has 7 nitrogen and oxygen atoms in total. The molecular formula is C22H29N3O4S. The second kappa shape index (κ2) is 8.61. The smallest absolute Gasteiger partial charge is 0.269 e. The second-order valence-electron chi connectivity index (χ2n) is 8.10. The number of nitrogens with zero attached hydrogens (tertiary/aromatic N) is 2. The Balaban J connectivity index is 1.75. The highest BCUT2D eigenvalue weighted by atomic mass is 32.2. The summed E-state index contributed by atoms with van der Waals surface area (Å²) in [4.78, 5) is 12.8. The third-order valence-electron chi connectivity index (χ3n) is 6.09. The first-order valence-electron chi connectivity index (χ1n) is 10.7. The maximum atomic E-state index is 13.1. The fraction of sp³-hybridized carbons (Fsp3) is 0.545. The van der Waals surface area contributed by atoms with E-state index >= 15 is 0 Å². The molecule has 1 aliphatic carbocycles. The van der Waals surface area contributed by atoms with Crippen LogP contribution in [0.3, 0.4) is 0 Å². The van der Waals surface area contributed by atoms with Gasteiger partial charge in [-0.1, -0.05) is 19.1 Å². The average Bonchev–Trinajstić information content (AvgIpc) is 3.28. The van der Waals surface area contributed by atoms with Gasteiger partial charge in [0, 0.05) is 31.3 Å². The standard InChI is InChI=1S/C22H29N3O4S/c1-3-15-10-11-16(13-20(15)30(27,28)23-14-17-7-6-12-29-17)21-18-8-4-5-9-19(18)22(26)25(2)24-21/h10-11,13,17,23H,3-9,12,14H2,1-2H3/t17-/m0/s1. The number of ether oxygens (including phenoxy) is 1. The first-order chi connectivity index (χ1) is 14.4. The van der Waals surface area contributed by atoms with Crippen LogP contribution in [0.2, 0.25) is 0 Å². The predicted molar refractivity (Wildman–Crippen MR) is 115 cm³/mol. The van der Waals surface area contributed by atoms with Gasteiger partial charge in [0.25, 0.3) is 5.56 Å². The fourth-order valence-electron chi connectivity index (χ4n) is 4.42. The highest BCUT2D eigenvalue weighted by Crippen LogP contribution is 2.30. The van der Waals surface area contributed by atoms with Crippen molar-refractivity contribution >= 4 is 10.0 Å². The van der Waals surface area contributed by atoms with Gasteiger partial charge in [-0.3, -0.25) is 4.79 Å². The predicted octanol–water partition coefficient (Wildman–Crippen LogP) is 2.35. The number of benzene rings is 1. The largest absolute Gasteiger partial charge is 0.377 e. The van der Waals surface area contributed by atoms with Crippen LogP contribution in [0, 0.1) is 0 Å². The highest BCUT2D eigenvalue weighted by Gasteiger charge is 2.25. The molecule has 1 aliphatic heterocycles. The van der Waals surface area contributed by atoms with Crippen LogP contribution in [0.15, 0.2) is 27.9 Å². The van der Waals surface area contributed by atoms with E-state index in [1.54, 1.807) is 13.1 Å². The van der Waals surface area contributed by atoms with Crippen molar-refractivity contribution in [3.8, 4) is 11.3 Å². The summed E-state index contributed by atoms with van der Waals surface area (Å²) < 4.78 is 35.9. The van der Waals surface area contributed by atoms with Crippen LogP contribution in [-0.4, -0.2) is 37.5 Å². The molecule has 4 rings (SSSR count). The lowest BCUT2D eigenvalue weighted by atomic mass is 9.89. The van der Waals surface area contributed by atoms with E-state index in [0.29, 0.717) is 18.7 Å². The molecular weight excluding hydrogens is 402 g/mol. The van der Waals surface area contributed by atoms with E-state index in [0.717, 1.165) is 60.8 Å². The van der Waals surface area contributed by atoms with Gasteiger partial charge in [-0.15, -0.1) is 0 Å². The van der Waals surface area contributed by atoms with Crippen LogP contribution in [0.25, 0.3) is 11.3 Å². The molecule has 30 heavy (non-hydrogen) atoms. The Morgan fingerprint density at radius 1 is 1.20 bits per heavy atom. The van der Waals surface area contributed by atoms with Crippen molar-refractivity contribution in [1.82, 2.24) is 14.5 Å². The van der Waals surface area contributed by atoms with E-state index < -0.39 is 10.0 Å². The zero-order valence-corrected chi connectivity index (χ0v) is 18.4. The molecule has 2 heterocycles. The highest BCUT2D eigenvalue weighted by molar-refractivity contribution is 7.89. The third kappa shape index (κ3) is 4.08. The first kappa shape index (κ1) is 21.2. The zero-order chi connectivity index (χ0) is 21.3. The third-order valence-corrected chi connectivity index (χ3v) is 7.60. The Hall–Kier alpha value is -2.03. The summed E-state index contributed by atoms with van der Waals surface area (Å²) in [6.45, 7) is 2.91. The summed E-state index contributed by atoms with van der Waals surface area (Å²) in [6.07, 6.45) is 5.92. The van der Waals surface area contributed by atoms with Crippen molar-refractivity contribution in [2.24, 2.45) is 7.05 Å².